The number of nitrogens with one attached hydrogen (secondary N) is 1. The number of nitriles is 1. The van der Waals surface area contributed by atoms with Crippen LogP contribution in [0, 0.1) is 16.7 Å². The van der Waals surface area contributed by atoms with E-state index in [9.17, 15) is 5.26 Å². The summed E-state index contributed by atoms with van der Waals surface area (Å²) >= 11 is 0. The smallest absolute Gasteiger partial charge is 0.105 e. The quantitative estimate of drug-likeness (QED) is 0.839. The van der Waals surface area contributed by atoms with E-state index in [0.717, 1.165) is 13.0 Å². The van der Waals surface area contributed by atoms with Gasteiger partial charge in [0.15, 0.2) is 0 Å². The lowest BCUT2D eigenvalue weighted by molar-refractivity contribution is 0.0428. The van der Waals surface area contributed by atoms with E-state index in [1.54, 1.807) is 0 Å². The van der Waals surface area contributed by atoms with E-state index >= 15 is 0 Å². The SMILES string of the molecule is CCNC(C)(C#N)CC(C)N1CCC2(CCCCC2)CC1. The highest BCUT2D eigenvalue weighted by molar-refractivity contribution is 5.05. The molecule has 0 amide bonds. The molecule has 3 heteroatoms. The van der Waals surface area contributed by atoms with Gasteiger partial charge in [-0.1, -0.05) is 26.2 Å². The summed E-state index contributed by atoms with van der Waals surface area (Å²) in [5.74, 6) is 0. The van der Waals surface area contributed by atoms with Crippen LogP contribution in [-0.4, -0.2) is 36.1 Å². The van der Waals surface area contributed by atoms with Crippen molar-refractivity contribution in [2.75, 3.05) is 19.6 Å². The average Bonchev–Trinajstić information content (AvgIpc) is 2.49. The van der Waals surface area contributed by atoms with Gasteiger partial charge < -0.3 is 4.90 Å². The Hall–Kier alpha value is -0.590. The van der Waals surface area contributed by atoms with E-state index in [-0.39, 0.29) is 5.54 Å². The van der Waals surface area contributed by atoms with Crippen LogP contribution in [0.3, 0.4) is 0 Å². The number of rotatable bonds is 5. The van der Waals surface area contributed by atoms with Crippen LogP contribution >= 0.6 is 0 Å². The molecule has 2 rings (SSSR count). The van der Waals surface area contributed by atoms with E-state index < -0.39 is 0 Å². The van der Waals surface area contributed by atoms with Crippen molar-refractivity contribution in [1.29, 1.82) is 5.26 Å². The fraction of sp³-hybridized carbons (Fsp3) is 0.944. The first-order valence-corrected chi connectivity index (χ1v) is 8.93. The minimum atomic E-state index is -0.381. The number of hydrogen-bond donors (Lipinski definition) is 1. The molecule has 1 spiro atoms. The van der Waals surface area contributed by atoms with Crippen LogP contribution in [0.25, 0.3) is 0 Å². The number of nitrogens with zero attached hydrogens (tertiary/aromatic N) is 2. The Labute approximate surface area is 131 Å². The second-order valence-corrected chi connectivity index (χ2v) is 7.62. The minimum Gasteiger partial charge on any atom is -0.301 e. The Morgan fingerprint density at radius 1 is 1.19 bits per heavy atom. The lowest BCUT2D eigenvalue weighted by Gasteiger charge is -2.46. The zero-order valence-corrected chi connectivity index (χ0v) is 14.2. The van der Waals surface area contributed by atoms with Gasteiger partial charge in [-0.3, -0.25) is 5.32 Å². The summed E-state index contributed by atoms with van der Waals surface area (Å²) in [6, 6.07) is 2.96. The monoisotopic (exact) mass is 291 g/mol. The summed E-state index contributed by atoms with van der Waals surface area (Å²) in [5, 5.41) is 12.8. The molecular weight excluding hydrogens is 258 g/mol. The molecule has 0 aromatic heterocycles. The van der Waals surface area contributed by atoms with Crippen molar-refractivity contribution in [1.82, 2.24) is 10.2 Å². The third-order valence-electron chi connectivity index (χ3n) is 5.91. The van der Waals surface area contributed by atoms with Gasteiger partial charge in [0.2, 0.25) is 0 Å². The Balaban J connectivity index is 1.85. The molecule has 0 aromatic carbocycles. The molecule has 2 fully saturated rings. The fourth-order valence-electron chi connectivity index (χ4n) is 4.51. The largest absolute Gasteiger partial charge is 0.301 e. The molecule has 120 valence electrons. The Bertz CT molecular complexity index is 357. The second-order valence-electron chi connectivity index (χ2n) is 7.62. The van der Waals surface area contributed by atoms with Crippen molar-refractivity contribution in [3.63, 3.8) is 0 Å². The maximum atomic E-state index is 9.43. The number of likely N-dealkylation sites (tertiary alicyclic amines) is 1. The normalized spacial score (nSPS) is 27.0. The first-order valence-electron chi connectivity index (χ1n) is 8.93. The highest BCUT2D eigenvalue weighted by atomic mass is 15.2. The number of hydrogen-bond acceptors (Lipinski definition) is 3. The third-order valence-corrected chi connectivity index (χ3v) is 5.91. The van der Waals surface area contributed by atoms with Crippen molar-refractivity contribution in [3.8, 4) is 6.07 Å². The summed E-state index contributed by atoms with van der Waals surface area (Å²) < 4.78 is 0. The minimum absolute atomic E-state index is 0.381. The van der Waals surface area contributed by atoms with E-state index in [2.05, 4.69) is 30.1 Å². The fourth-order valence-corrected chi connectivity index (χ4v) is 4.51. The van der Waals surface area contributed by atoms with Gasteiger partial charge in [-0.05, 0) is 71.0 Å². The molecule has 0 bridgehead atoms. The summed E-state index contributed by atoms with van der Waals surface area (Å²) in [6.07, 6.45) is 10.9. The van der Waals surface area contributed by atoms with E-state index in [0.29, 0.717) is 11.5 Å². The summed E-state index contributed by atoms with van der Waals surface area (Å²) in [5.41, 5.74) is 0.294. The van der Waals surface area contributed by atoms with Gasteiger partial charge in [0.25, 0.3) is 0 Å². The van der Waals surface area contributed by atoms with Crippen LogP contribution in [0.2, 0.25) is 0 Å². The molecule has 1 saturated heterocycles. The van der Waals surface area contributed by atoms with Crippen LogP contribution in [0.1, 0.15) is 72.1 Å². The molecule has 1 N–H and O–H groups in total. The standard InChI is InChI=1S/C18H33N3/c1-4-20-17(3,15-19)14-16(2)21-12-10-18(11-13-21)8-6-5-7-9-18/h16,20H,4-14H2,1-3H3. The molecule has 2 unspecified atom stereocenters. The third kappa shape index (κ3) is 4.20. The van der Waals surface area contributed by atoms with Crippen LogP contribution in [0.15, 0.2) is 0 Å². The van der Waals surface area contributed by atoms with Gasteiger partial charge in [0, 0.05) is 6.04 Å². The van der Waals surface area contributed by atoms with Crippen LogP contribution in [0.4, 0.5) is 0 Å². The molecule has 0 radical (unpaired) electrons. The van der Waals surface area contributed by atoms with Crippen molar-refractivity contribution >= 4 is 0 Å². The molecular formula is C18H33N3. The molecule has 0 aromatic rings. The van der Waals surface area contributed by atoms with Crippen molar-refractivity contribution in [2.24, 2.45) is 5.41 Å². The molecule has 2 atom stereocenters. The lowest BCUT2D eigenvalue weighted by Crippen LogP contribution is -2.50. The topological polar surface area (TPSA) is 39.1 Å². The summed E-state index contributed by atoms with van der Waals surface area (Å²) in [7, 11) is 0. The molecule has 1 saturated carbocycles. The number of piperidine rings is 1. The Morgan fingerprint density at radius 3 is 2.33 bits per heavy atom. The first-order chi connectivity index (χ1) is 10.0. The molecule has 1 aliphatic carbocycles. The van der Waals surface area contributed by atoms with Crippen molar-refractivity contribution in [2.45, 2.75) is 83.7 Å². The highest BCUT2D eigenvalue weighted by Gasteiger charge is 2.37. The lowest BCUT2D eigenvalue weighted by atomic mass is 9.68. The van der Waals surface area contributed by atoms with Crippen LogP contribution in [-0.2, 0) is 0 Å². The predicted molar refractivity (Wildman–Crippen MR) is 88.1 cm³/mol. The Morgan fingerprint density at radius 2 is 1.81 bits per heavy atom. The maximum Gasteiger partial charge on any atom is 0.105 e. The van der Waals surface area contributed by atoms with E-state index in [1.165, 1.54) is 58.0 Å². The summed E-state index contributed by atoms with van der Waals surface area (Å²) in [4.78, 5) is 2.62. The van der Waals surface area contributed by atoms with E-state index in [1.807, 2.05) is 6.92 Å². The average molecular weight is 291 g/mol. The predicted octanol–water partition coefficient (Wildman–Crippen LogP) is 3.70. The van der Waals surface area contributed by atoms with Gasteiger partial charge in [-0.2, -0.15) is 5.26 Å². The van der Waals surface area contributed by atoms with Gasteiger partial charge in [-0.25, -0.2) is 0 Å². The first kappa shape index (κ1) is 16.8. The van der Waals surface area contributed by atoms with Gasteiger partial charge in [0.1, 0.15) is 5.54 Å². The van der Waals surface area contributed by atoms with Crippen LogP contribution < -0.4 is 5.32 Å². The zero-order valence-electron chi connectivity index (χ0n) is 14.2. The molecule has 3 nitrogen and oxygen atoms in total. The zero-order chi connectivity index (χ0) is 15.3. The molecule has 2 aliphatic rings. The van der Waals surface area contributed by atoms with Crippen LogP contribution in [0.5, 0.6) is 0 Å². The maximum absolute atomic E-state index is 9.43. The summed E-state index contributed by atoms with van der Waals surface area (Å²) in [6.45, 7) is 9.74. The van der Waals surface area contributed by atoms with E-state index in [4.69, 9.17) is 0 Å². The van der Waals surface area contributed by atoms with Crippen molar-refractivity contribution in [3.05, 3.63) is 0 Å². The molecule has 21 heavy (non-hydrogen) atoms. The van der Waals surface area contributed by atoms with Gasteiger partial charge >= 0.3 is 0 Å². The Kier molecular flexibility index (Phi) is 5.68. The molecule has 1 heterocycles. The van der Waals surface area contributed by atoms with Crippen molar-refractivity contribution < 1.29 is 0 Å². The highest BCUT2D eigenvalue weighted by Crippen LogP contribution is 2.44. The van der Waals surface area contributed by atoms with Gasteiger partial charge in [0.05, 0.1) is 6.07 Å². The second kappa shape index (κ2) is 7.11. The van der Waals surface area contributed by atoms with Gasteiger partial charge in [-0.15, -0.1) is 0 Å². The molecule has 1 aliphatic heterocycles.